The molecule has 1 aromatic heterocycles. The highest BCUT2D eigenvalue weighted by Crippen LogP contribution is 2.36. The molecule has 3 aromatic rings. The van der Waals surface area contributed by atoms with Crippen LogP contribution in [0.1, 0.15) is 53.1 Å². The lowest BCUT2D eigenvalue weighted by molar-refractivity contribution is -0.479. The average Bonchev–Trinajstić information content (AvgIpc) is 3.03. The normalized spacial score (nSPS) is 12.3. The number of benzene rings is 2. The topological polar surface area (TPSA) is 73.8 Å². The molecule has 1 atom stereocenters. The number of hydrogen-bond donors (Lipinski definition) is 0. The highest BCUT2D eigenvalue weighted by Gasteiger charge is 2.24. The van der Waals surface area contributed by atoms with Crippen molar-refractivity contribution in [3.63, 3.8) is 0 Å². The second kappa shape index (κ2) is 8.78. The molecule has 29 heavy (non-hydrogen) atoms. The molecule has 0 radical (unpaired) electrons. The molecule has 6 nitrogen and oxygen atoms in total. The minimum Gasteiger partial charge on any atom is -0.274 e. The zero-order chi connectivity index (χ0) is 21.1. The van der Waals surface area contributed by atoms with E-state index in [9.17, 15) is 10.1 Å². The highest BCUT2D eigenvalue weighted by atomic mass is 32.2. The molecule has 0 fully saturated rings. The number of nitrogens with zero attached hydrogens (tertiary/aromatic N) is 4. The largest absolute Gasteiger partial charge is 0.274 e. The number of nitro groups is 1. The van der Waals surface area contributed by atoms with E-state index in [4.69, 9.17) is 0 Å². The smallest absolute Gasteiger partial charge is 0.220 e. The Morgan fingerprint density at radius 2 is 1.66 bits per heavy atom. The Balaban J connectivity index is 1.96. The van der Waals surface area contributed by atoms with Crippen LogP contribution < -0.4 is 0 Å². The lowest BCUT2D eigenvalue weighted by atomic mass is 10.0. The van der Waals surface area contributed by atoms with Crippen molar-refractivity contribution >= 4 is 11.8 Å². The van der Waals surface area contributed by atoms with Gasteiger partial charge in [0.1, 0.15) is 11.1 Å². The van der Waals surface area contributed by atoms with Crippen LogP contribution >= 0.6 is 11.8 Å². The third kappa shape index (κ3) is 4.85. The van der Waals surface area contributed by atoms with E-state index >= 15 is 0 Å². The van der Waals surface area contributed by atoms with Gasteiger partial charge in [-0.05, 0) is 61.1 Å². The molecule has 152 valence electrons. The lowest BCUT2D eigenvalue weighted by Gasteiger charge is -2.16. The summed E-state index contributed by atoms with van der Waals surface area (Å²) >= 11 is 1.38. The van der Waals surface area contributed by atoms with Crippen LogP contribution in [-0.2, 0) is 0 Å². The zero-order valence-electron chi connectivity index (χ0n) is 17.4. The van der Waals surface area contributed by atoms with Crippen molar-refractivity contribution in [3.05, 3.63) is 80.7 Å². The monoisotopic (exact) mass is 410 g/mol. The first kappa shape index (κ1) is 21.0. The Morgan fingerprint density at radius 3 is 2.24 bits per heavy atom. The van der Waals surface area contributed by atoms with Crippen molar-refractivity contribution in [1.29, 1.82) is 0 Å². The third-order valence-corrected chi connectivity index (χ3v) is 6.26. The maximum Gasteiger partial charge on any atom is 0.220 e. The van der Waals surface area contributed by atoms with Gasteiger partial charge in [0.25, 0.3) is 0 Å². The summed E-state index contributed by atoms with van der Waals surface area (Å²) in [6.45, 7) is 10.1. The SMILES string of the molecule is Cc1ccc(-n2c(C)nnc2S[C@@H](C[N+](=O)[O-])c2ccc(C(C)C)cc2)cc1C. The van der Waals surface area contributed by atoms with Gasteiger partial charge in [0.05, 0.1) is 0 Å². The zero-order valence-corrected chi connectivity index (χ0v) is 18.2. The molecule has 2 aromatic carbocycles. The fraction of sp³-hybridized carbons (Fsp3) is 0.364. The van der Waals surface area contributed by atoms with Crippen molar-refractivity contribution in [2.45, 2.75) is 50.9 Å². The minimum atomic E-state index is -0.347. The molecular weight excluding hydrogens is 384 g/mol. The van der Waals surface area contributed by atoms with E-state index < -0.39 is 0 Å². The average molecular weight is 411 g/mol. The summed E-state index contributed by atoms with van der Waals surface area (Å²) in [6.07, 6.45) is 0. The third-order valence-electron chi connectivity index (χ3n) is 5.08. The standard InChI is InChI=1S/C22H26N4O2S/c1-14(2)18-7-9-19(10-8-18)21(13-25(27)28)29-22-24-23-17(5)26(22)20-11-6-15(3)16(4)12-20/h6-12,14,21H,13H2,1-5H3/t21-/m0/s1. The van der Waals surface area contributed by atoms with Crippen molar-refractivity contribution in [1.82, 2.24) is 14.8 Å². The first-order valence-corrected chi connectivity index (χ1v) is 10.5. The Bertz CT molecular complexity index is 1010. The Morgan fingerprint density at radius 1 is 1.00 bits per heavy atom. The van der Waals surface area contributed by atoms with Crippen LogP contribution in [0.5, 0.6) is 0 Å². The number of thioether (sulfide) groups is 1. The number of aryl methyl sites for hydroxylation is 3. The molecular formula is C22H26N4O2S. The second-order valence-electron chi connectivity index (χ2n) is 7.58. The second-order valence-corrected chi connectivity index (χ2v) is 8.75. The first-order chi connectivity index (χ1) is 13.8. The molecule has 0 aliphatic carbocycles. The van der Waals surface area contributed by atoms with Crippen LogP contribution in [-0.4, -0.2) is 26.2 Å². The number of aromatic nitrogens is 3. The number of hydrogen-bond acceptors (Lipinski definition) is 5. The molecule has 0 bridgehead atoms. The molecule has 0 amide bonds. The fourth-order valence-electron chi connectivity index (χ4n) is 3.15. The van der Waals surface area contributed by atoms with Gasteiger partial charge in [-0.2, -0.15) is 0 Å². The summed E-state index contributed by atoms with van der Waals surface area (Å²) < 4.78 is 1.96. The van der Waals surface area contributed by atoms with E-state index in [1.807, 2.05) is 41.8 Å². The molecule has 0 aliphatic heterocycles. The van der Waals surface area contributed by atoms with Crippen molar-refractivity contribution in [2.75, 3.05) is 6.54 Å². The Kier molecular flexibility index (Phi) is 6.37. The molecule has 0 saturated heterocycles. The maximum atomic E-state index is 11.3. The van der Waals surface area contributed by atoms with Crippen LogP contribution in [0.25, 0.3) is 5.69 Å². The molecule has 0 aliphatic rings. The Labute approximate surface area is 175 Å². The van der Waals surface area contributed by atoms with Crippen LogP contribution in [0.4, 0.5) is 0 Å². The molecule has 3 rings (SSSR count). The van der Waals surface area contributed by atoms with E-state index in [1.165, 1.54) is 28.5 Å². The predicted molar refractivity (Wildman–Crippen MR) is 117 cm³/mol. The van der Waals surface area contributed by atoms with Gasteiger partial charge in [0.15, 0.2) is 5.16 Å². The molecule has 0 N–H and O–H groups in total. The molecule has 0 unspecified atom stereocenters. The maximum absolute atomic E-state index is 11.3. The van der Waals surface area contributed by atoms with Gasteiger partial charge in [0, 0.05) is 10.6 Å². The van der Waals surface area contributed by atoms with Crippen molar-refractivity contribution < 1.29 is 4.92 Å². The highest BCUT2D eigenvalue weighted by molar-refractivity contribution is 7.99. The summed E-state index contributed by atoms with van der Waals surface area (Å²) in [5.41, 5.74) is 5.49. The van der Waals surface area contributed by atoms with Gasteiger partial charge in [-0.1, -0.05) is 55.9 Å². The van der Waals surface area contributed by atoms with E-state index in [1.54, 1.807) is 0 Å². The van der Waals surface area contributed by atoms with Crippen LogP contribution in [0.3, 0.4) is 0 Å². The Hall–Kier alpha value is -2.67. The van der Waals surface area contributed by atoms with Gasteiger partial charge in [-0.25, -0.2) is 0 Å². The predicted octanol–water partition coefficient (Wildman–Crippen LogP) is 5.43. The summed E-state index contributed by atoms with van der Waals surface area (Å²) in [5.74, 6) is 1.17. The molecule has 0 spiro atoms. The summed E-state index contributed by atoms with van der Waals surface area (Å²) in [6, 6.07) is 14.3. The summed E-state index contributed by atoms with van der Waals surface area (Å²) in [7, 11) is 0. The summed E-state index contributed by atoms with van der Waals surface area (Å²) in [4.78, 5) is 11.1. The fourth-order valence-corrected chi connectivity index (χ4v) is 4.32. The van der Waals surface area contributed by atoms with Gasteiger partial charge in [-0.3, -0.25) is 14.7 Å². The molecule has 1 heterocycles. The van der Waals surface area contributed by atoms with E-state index in [0.717, 1.165) is 17.1 Å². The van der Waals surface area contributed by atoms with Gasteiger partial charge in [-0.15, -0.1) is 10.2 Å². The van der Waals surface area contributed by atoms with Crippen molar-refractivity contribution in [3.8, 4) is 5.69 Å². The van der Waals surface area contributed by atoms with Gasteiger partial charge in [0.2, 0.25) is 6.54 Å². The minimum absolute atomic E-state index is 0.176. The van der Waals surface area contributed by atoms with Crippen molar-refractivity contribution in [2.24, 2.45) is 0 Å². The molecule has 0 saturated carbocycles. The van der Waals surface area contributed by atoms with E-state index in [2.05, 4.69) is 50.0 Å². The van der Waals surface area contributed by atoms with Crippen LogP contribution in [0, 0.1) is 30.9 Å². The van der Waals surface area contributed by atoms with Crippen LogP contribution in [0.2, 0.25) is 0 Å². The quantitative estimate of drug-likeness (QED) is 0.295. The summed E-state index contributed by atoms with van der Waals surface area (Å²) in [5, 5.41) is 20.2. The van der Waals surface area contributed by atoms with E-state index in [-0.39, 0.29) is 16.7 Å². The van der Waals surface area contributed by atoms with Gasteiger partial charge < -0.3 is 0 Å². The lowest BCUT2D eigenvalue weighted by Crippen LogP contribution is -2.11. The van der Waals surface area contributed by atoms with Gasteiger partial charge >= 0.3 is 0 Å². The molecule has 7 heteroatoms. The van der Waals surface area contributed by atoms with Crippen LogP contribution in [0.15, 0.2) is 47.6 Å². The van der Waals surface area contributed by atoms with E-state index in [0.29, 0.717) is 11.1 Å². The number of rotatable bonds is 7. The first-order valence-electron chi connectivity index (χ1n) is 9.64.